The van der Waals surface area contributed by atoms with Crippen LogP contribution >= 0.6 is 0 Å². The first-order chi connectivity index (χ1) is 8.20. The largest absolute Gasteiger partial charge is 0.349 e. The second-order valence-electron chi connectivity index (χ2n) is 3.56. The molecular weight excluding hydrogens is 230 g/mol. The zero-order chi connectivity index (χ0) is 12.3. The third-order valence-corrected chi connectivity index (χ3v) is 2.23. The minimum absolute atomic E-state index is 0.339. The molecule has 0 amide bonds. The number of hydrogen-bond acceptors (Lipinski definition) is 5. The Morgan fingerprint density at radius 2 is 2.24 bits per heavy atom. The Kier molecular flexibility index (Phi) is 3.40. The van der Waals surface area contributed by atoms with Crippen LogP contribution in [0.4, 0.5) is 14.6 Å². The molecule has 0 spiro atoms. The summed E-state index contributed by atoms with van der Waals surface area (Å²) in [4.78, 5) is 1.52. The summed E-state index contributed by atoms with van der Waals surface area (Å²) in [5, 5.41) is 14.9. The van der Waals surface area contributed by atoms with Crippen LogP contribution in [0.1, 0.15) is 13.3 Å². The number of anilines is 1. The Bertz CT molecular complexity index is 485. The molecule has 17 heavy (non-hydrogen) atoms. The summed E-state index contributed by atoms with van der Waals surface area (Å²) in [7, 11) is 0. The molecule has 92 valence electrons. The molecular formula is C9H12F2N6. The van der Waals surface area contributed by atoms with Gasteiger partial charge >= 0.3 is 0 Å². The normalized spacial score (nSPS) is 11.3. The molecule has 0 N–H and O–H groups in total. The maximum Gasteiger partial charge on any atom is 0.255 e. The minimum atomic E-state index is -2.40. The standard InChI is InChI=1S/C9H12F2N6/c1-2-5-16(6-7(10)11)9-4-3-8-12-14-15-17(8)13-9/h3-4,7H,2,5-6H2,1H3. The van der Waals surface area contributed by atoms with Crippen molar-refractivity contribution in [2.45, 2.75) is 19.8 Å². The van der Waals surface area contributed by atoms with Crippen LogP contribution in [0.2, 0.25) is 0 Å². The molecule has 0 atom stereocenters. The molecule has 0 aliphatic carbocycles. The van der Waals surface area contributed by atoms with Crippen LogP contribution in [0, 0.1) is 0 Å². The van der Waals surface area contributed by atoms with Gasteiger partial charge in [-0.1, -0.05) is 6.92 Å². The van der Waals surface area contributed by atoms with Crippen LogP contribution in [0.5, 0.6) is 0 Å². The molecule has 0 saturated heterocycles. The molecule has 0 aliphatic rings. The lowest BCUT2D eigenvalue weighted by Gasteiger charge is -2.21. The lowest BCUT2D eigenvalue weighted by molar-refractivity contribution is 0.154. The van der Waals surface area contributed by atoms with E-state index in [9.17, 15) is 8.78 Å². The number of tetrazole rings is 1. The number of halogens is 2. The van der Waals surface area contributed by atoms with Crippen molar-refractivity contribution in [3.05, 3.63) is 12.1 Å². The van der Waals surface area contributed by atoms with E-state index in [2.05, 4.69) is 20.6 Å². The Morgan fingerprint density at radius 3 is 2.94 bits per heavy atom. The van der Waals surface area contributed by atoms with Gasteiger partial charge in [0.05, 0.1) is 6.54 Å². The van der Waals surface area contributed by atoms with E-state index >= 15 is 0 Å². The first-order valence-corrected chi connectivity index (χ1v) is 5.29. The van der Waals surface area contributed by atoms with Crippen LogP contribution in [-0.4, -0.2) is 44.8 Å². The van der Waals surface area contributed by atoms with Gasteiger partial charge in [-0.05, 0) is 29.0 Å². The number of fused-ring (bicyclic) bond motifs is 1. The van der Waals surface area contributed by atoms with Gasteiger partial charge in [0.1, 0.15) is 0 Å². The third-order valence-electron chi connectivity index (χ3n) is 2.23. The zero-order valence-corrected chi connectivity index (χ0v) is 9.29. The molecule has 0 radical (unpaired) electrons. The second kappa shape index (κ2) is 4.98. The first-order valence-electron chi connectivity index (χ1n) is 5.29. The monoisotopic (exact) mass is 242 g/mol. The maximum absolute atomic E-state index is 12.4. The fourth-order valence-electron chi connectivity index (χ4n) is 1.54. The average Bonchev–Trinajstić information content (AvgIpc) is 2.74. The lowest BCUT2D eigenvalue weighted by atomic mass is 10.4. The molecule has 2 aromatic heterocycles. The minimum Gasteiger partial charge on any atom is -0.349 e. The van der Waals surface area contributed by atoms with E-state index in [4.69, 9.17) is 0 Å². The highest BCUT2D eigenvalue weighted by Gasteiger charge is 2.14. The van der Waals surface area contributed by atoms with E-state index in [1.165, 1.54) is 9.53 Å². The molecule has 0 saturated carbocycles. The van der Waals surface area contributed by atoms with E-state index in [1.807, 2.05) is 6.92 Å². The molecule has 0 unspecified atom stereocenters. The summed E-state index contributed by atoms with van der Waals surface area (Å²) < 4.78 is 26.1. The highest BCUT2D eigenvalue weighted by molar-refractivity contribution is 5.44. The third kappa shape index (κ3) is 2.63. The number of hydrogen-bond donors (Lipinski definition) is 0. The molecule has 2 rings (SSSR count). The van der Waals surface area contributed by atoms with Crippen molar-refractivity contribution in [2.24, 2.45) is 0 Å². The van der Waals surface area contributed by atoms with Gasteiger partial charge in [-0.2, -0.15) is 0 Å². The second-order valence-corrected chi connectivity index (χ2v) is 3.56. The predicted molar refractivity (Wildman–Crippen MR) is 57.1 cm³/mol. The summed E-state index contributed by atoms with van der Waals surface area (Å²) in [6.45, 7) is 2.10. The van der Waals surface area contributed by atoms with Crippen molar-refractivity contribution in [2.75, 3.05) is 18.0 Å². The van der Waals surface area contributed by atoms with Crippen LogP contribution in [0.15, 0.2) is 12.1 Å². The first kappa shape index (κ1) is 11.6. The van der Waals surface area contributed by atoms with Crippen molar-refractivity contribution >= 4 is 11.5 Å². The summed E-state index contributed by atoms with van der Waals surface area (Å²) in [5.41, 5.74) is 0.488. The van der Waals surface area contributed by atoms with E-state index in [-0.39, 0.29) is 6.54 Å². The average molecular weight is 242 g/mol. The highest BCUT2D eigenvalue weighted by atomic mass is 19.3. The van der Waals surface area contributed by atoms with Crippen molar-refractivity contribution in [3.8, 4) is 0 Å². The van der Waals surface area contributed by atoms with Crippen molar-refractivity contribution in [1.82, 2.24) is 25.3 Å². The van der Waals surface area contributed by atoms with E-state index in [0.717, 1.165) is 6.42 Å². The van der Waals surface area contributed by atoms with Gasteiger partial charge < -0.3 is 4.90 Å². The number of rotatable bonds is 5. The van der Waals surface area contributed by atoms with Gasteiger partial charge in [-0.3, -0.25) is 0 Å². The molecule has 6 nitrogen and oxygen atoms in total. The van der Waals surface area contributed by atoms with Crippen molar-refractivity contribution in [1.29, 1.82) is 0 Å². The number of alkyl halides is 2. The highest BCUT2D eigenvalue weighted by Crippen LogP contribution is 2.12. The van der Waals surface area contributed by atoms with E-state index in [1.54, 1.807) is 12.1 Å². The summed E-state index contributed by atoms with van der Waals surface area (Å²) in [6, 6.07) is 3.29. The fourth-order valence-corrected chi connectivity index (χ4v) is 1.54. The quantitative estimate of drug-likeness (QED) is 0.782. The Balaban J connectivity index is 2.26. The molecule has 0 bridgehead atoms. The molecule has 2 heterocycles. The summed E-state index contributed by atoms with van der Waals surface area (Å²) in [6.07, 6.45) is -1.63. The van der Waals surface area contributed by atoms with Crippen LogP contribution in [0.3, 0.4) is 0 Å². The smallest absolute Gasteiger partial charge is 0.255 e. The molecule has 8 heteroatoms. The summed E-state index contributed by atoms with van der Waals surface area (Å²) >= 11 is 0. The number of nitrogens with zero attached hydrogens (tertiary/aromatic N) is 6. The Morgan fingerprint density at radius 1 is 1.41 bits per heavy atom. The molecule has 0 aliphatic heterocycles. The molecule has 2 aromatic rings. The van der Waals surface area contributed by atoms with Crippen molar-refractivity contribution in [3.63, 3.8) is 0 Å². The maximum atomic E-state index is 12.4. The predicted octanol–water partition coefficient (Wildman–Crippen LogP) is 1.00. The Hall–Kier alpha value is -1.86. The molecule has 0 fully saturated rings. The lowest BCUT2D eigenvalue weighted by Crippen LogP contribution is -2.30. The van der Waals surface area contributed by atoms with Gasteiger partial charge in [0.15, 0.2) is 11.5 Å². The SMILES string of the molecule is CCCN(CC(F)F)c1ccc2nnnn2n1. The Labute approximate surface area is 96.2 Å². The van der Waals surface area contributed by atoms with E-state index in [0.29, 0.717) is 18.0 Å². The van der Waals surface area contributed by atoms with Gasteiger partial charge in [0.2, 0.25) is 0 Å². The van der Waals surface area contributed by atoms with Crippen LogP contribution < -0.4 is 4.90 Å². The van der Waals surface area contributed by atoms with Gasteiger partial charge in [0.25, 0.3) is 6.43 Å². The van der Waals surface area contributed by atoms with Gasteiger partial charge in [-0.25, -0.2) is 8.78 Å². The van der Waals surface area contributed by atoms with Crippen LogP contribution in [0.25, 0.3) is 5.65 Å². The van der Waals surface area contributed by atoms with Gasteiger partial charge in [0, 0.05) is 6.54 Å². The summed E-state index contributed by atoms with van der Waals surface area (Å²) in [5.74, 6) is 0.451. The molecule has 0 aromatic carbocycles. The fraction of sp³-hybridized carbons (Fsp3) is 0.556. The number of aromatic nitrogens is 5. The van der Waals surface area contributed by atoms with Crippen LogP contribution in [-0.2, 0) is 0 Å². The topological polar surface area (TPSA) is 59.2 Å². The van der Waals surface area contributed by atoms with Gasteiger partial charge in [-0.15, -0.1) is 14.8 Å². The van der Waals surface area contributed by atoms with E-state index < -0.39 is 6.43 Å². The van der Waals surface area contributed by atoms with Crippen molar-refractivity contribution < 1.29 is 8.78 Å². The zero-order valence-electron chi connectivity index (χ0n) is 9.29.